The Labute approximate surface area is 172 Å². The van der Waals surface area contributed by atoms with Gasteiger partial charge in [0.1, 0.15) is 0 Å². The lowest BCUT2D eigenvalue weighted by molar-refractivity contribution is -0.126. The average Bonchev–Trinajstić information content (AvgIpc) is 2.74. The first-order valence-electron chi connectivity index (χ1n) is 10.4. The van der Waals surface area contributed by atoms with Gasteiger partial charge in [-0.25, -0.2) is 9.97 Å². The zero-order valence-corrected chi connectivity index (χ0v) is 17.4. The van der Waals surface area contributed by atoms with E-state index in [9.17, 15) is 4.79 Å². The molecule has 5 nitrogen and oxygen atoms in total. The number of aryl methyl sites for hydroxylation is 2. The van der Waals surface area contributed by atoms with Crippen LogP contribution < -0.4 is 10.2 Å². The molecular formula is C24H28N4O. The predicted molar refractivity (Wildman–Crippen MR) is 117 cm³/mol. The van der Waals surface area contributed by atoms with Crippen molar-refractivity contribution in [1.29, 1.82) is 0 Å². The van der Waals surface area contributed by atoms with E-state index in [1.165, 1.54) is 5.56 Å². The number of hydrogen-bond acceptors (Lipinski definition) is 4. The zero-order valence-electron chi connectivity index (χ0n) is 17.4. The summed E-state index contributed by atoms with van der Waals surface area (Å²) in [6.07, 6.45) is 1.64. The van der Waals surface area contributed by atoms with Gasteiger partial charge in [0.05, 0.1) is 17.3 Å². The number of nitrogens with zero attached hydrogens (tertiary/aromatic N) is 3. The van der Waals surface area contributed by atoms with Gasteiger partial charge in [-0.1, -0.05) is 42.5 Å². The van der Waals surface area contributed by atoms with E-state index in [2.05, 4.69) is 47.5 Å². The predicted octanol–water partition coefficient (Wildman–Crippen LogP) is 4.34. The molecule has 1 amide bonds. The van der Waals surface area contributed by atoms with Crippen LogP contribution in [0.2, 0.25) is 0 Å². The van der Waals surface area contributed by atoms with Gasteiger partial charge in [0.2, 0.25) is 11.9 Å². The minimum atomic E-state index is 0.0245. The summed E-state index contributed by atoms with van der Waals surface area (Å²) in [4.78, 5) is 24.5. The summed E-state index contributed by atoms with van der Waals surface area (Å²) in [6, 6.07) is 16.4. The normalized spacial score (nSPS) is 16.0. The van der Waals surface area contributed by atoms with Crippen molar-refractivity contribution in [1.82, 2.24) is 15.3 Å². The third kappa shape index (κ3) is 4.24. The molecule has 1 aliphatic rings. The van der Waals surface area contributed by atoms with Crippen molar-refractivity contribution in [3.8, 4) is 0 Å². The fraction of sp³-hybridized carbons (Fsp3) is 0.375. The van der Waals surface area contributed by atoms with Gasteiger partial charge in [-0.3, -0.25) is 4.79 Å². The number of aromatic nitrogens is 2. The summed E-state index contributed by atoms with van der Waals surface area (Å²) in [5.74, 6) is 0.963. The van der Waals surface area contributed by atoms with Crippen LogP contribution in [0, 0.1) is 19.8 Å². The van der Waals surface area contributed by atoms with Gasteiger partial charge < -0.3 is 10.2 Å². The quantitative estimate of drug-likeness (QED) is 0.722. The van der Waals surface area contributed by atoms with Gasteiger partial charge >= 0.3 is 0 Å². The molecule has 2 heterocycles. The van der Waals surface area contributed by atoms with Crippen molar-refractivity contribution >= 4 is 22.8 Å². The lowest BCUT2D eigenvalue weighted by Crippen LogP contribution is -2.41. The van der Waals surface area contributed by atoms with Gasteiger partial charge in [0.15, 0.2) is 0 Å². The van der Waals surface area contributed by atoms with Crippen molar-refractivity contribution in [2.45, 2.75) is 39.7 Å². The molecule has 1 aliphatic heterocycles. The summed E-state index contributed by atoms with van der Waals surface area (Å²) in [6.45, 7) is 7.75. The lowest BCUT2D eigenvalue weighted by Gasteiger charge is -2.32. The van der Waals surface area contributed by atoms with E-state index in [4.69, 9.17) is 9.97 Å². The highest BCUT2D eigenvalue weighted by molar-refractivity contribution is 5.82. The number of amides is 1. The highest BCUT2D eigenvalue weighted by Crippen LogP contribution is 2.25. The maximum absolute atomic E-state index is 12.7. The Kier molecular flexibility index (Phi) is 5.47. The summed E-state index contributed by atoms with van der Waals surface area (Å²) in [5, 5.41) is 4.27. The van der Waals surface area contributed by atoms with Crippen LogP contribution in [-0.2, 0) is 4.79 Å². The summed E-state index contributed by atoms with van der Waals surface area (Å²) in [5.41, 5.74) is 4.32. The average molecular weight is 389 g/mol. The Balaban J connectivity index is 1.40. The first-order valence-corrected chi connectivity index (χ1v) is 10.4. The molecule has 0 unspecified atom stereocenters. The lowest BCUT2D eigenvalue weighted by atomic mass is 9.95. The highest BCUT2D eigenvalue weighted by atomic mass is 16.1. The minimum absolute atomic E-state index is 0.0245. The number of piperidine rings is 1. The first-order chi connectivity index (χ1) is 14.0. The number of fused-ring (bicyclic) bond motifs is 1. The molecule has 150 valence electrons. The van der Waals surface area contributed by atoms with Crippen LogP contribution in [-0.4, -0.2) is 29.0 Å². The van der Waals surface area contributed by atoms with E-state index in [0.717, 1.165) is 54.0 Å². The number of carbonyl (C=O) groups is 1. The second kappa shape index (κ2) is 8.19. The number of anilines is 1. The molecule has 1 N–H and O–H groups in total. The largest absolute Gasteiger partial charge is 0.349 e. The number of rotatable bonds is 4. The standard InChI is InChI=1S/C24H28N4O/c1-16-9-10-21-18(3)26-24(27-22(21)15-16)28-13-11-20(12-14-28)23(29)25-17(2)19-7-5-4-6-8-19/h4-10,15,17,20H,11-14H2,1-3H3,(H,25,29)/t17-/m0/s1. The number of benzene rings is 2. The molecule has 3 aromatic rings. The monoisotopic (exact) mass is 388 g/mol. The second-order valence-electron chi connectivity index (χ2n) is 8.03. The molecule has 1 fully saturated rings. The molecule has 2 aromatic carbocycles. The zero-order chi connectivity index (χ0) is 20.4. The van der Waals surface area contributed by atoms with E-state index in [-0.39, 0.29) is 17.9 Å². The van der Waals surface area contributed by atoms with Crippen molar-refractivity contribution in [3.63, 3.8) is 0 Å². The van der Waals surface area contributed by atoms with Gasteiger partial charge in [0, 0.05) is 24.4 Å². The van der Waals surface area contributed by atoms with Crippen LogP contribution in [0.15, 0.2) is 48.5 Å². The van der Waals surface area contributed by atoms with Crippen molar-refractivity contribution in [3.05, 3.63) is 65.4 Å². The summed E-state index contributed by atoms with van der Waals surface area (Å²) >= 11 is 0. The van der Waals surface area contributed by atoms with Crippen LogP contribution in [0.4, 0.5) is 5.95 Å². The molecule has 29 heavy (non-hydrogen) atoms. The molecule has 0 radical (unpaired) electrons. The van der Waals surface area contributed by atoms with Crippen molar-refractivity contribution < 1.29 is 4.79 Å². The number of nitrogens with one attached hydrogen (secondary N) is 1. The van der Waals surface area contributed by atoms with Gasteiger partial charge in [0.25, 0.3) is 0 Å². The molecule has 1 aromatic heterocycles. The number of hydrogen-bond donors (Lipinski definition) is 1. The Bertz CT molecular complexity index is 1010. The first kappa shape index (κ1) is 19.4. The fourth-order valence-electron chi connectivity index (χ4n) is 4.02. The highest BCUT2D eigenvalue weighted by Gasteiger charge is 2.27. The maximum atomic E-state index is 12.7. The number of carbonyl (C=O) groups excluding carboxylic acids is 1. The van der Waals surface area contributed by atoms with Crippen LogP contribution in [0.3, 0.4) is 0 Å². The van der Waals surface area contributed by atoms with Gasteiger partial charge in [-0.05, 0) is 50.8 Å². The molecule has 4 rings (SSSR count). The molecule has 5 heteroatoms. The second-order valence-corrected chi connectivity index (χ2v) is 8.03. The van der Waals surface area contributed by atoms with Gasteiger partial charge in [-0.2, -0.15) is 0 Å². The van der Waals surface area contributed by atoms with Crippen LogP contribution in [0.5, 0.6) is 0 Å². The Hall–Kier alpha value is -2.95. The molecule has 0 aliphatic carbocycles. The van der Waals surface area contributed by atoms with Crippen LogP contribution >= 0.6 is 0 Å². The van der Waals surface area contributed by atoms with Crippen molar-refractivity contribution in [2.24, 2.45) is 5.92 Å². The molecule has 1 atom stereocenters. The van der Waals surface area contributed by atoms with Gasteiger partial charge in [-0.15, -0.1) is 0 Å². The fourth-order valence-corrected chi connectivity index (χ4v) is 4.02. The Morgan fingerprint density at radius 1 is 1.07 bits per heavy atom. The van der Waals surface area contributed by atoms with Crippen molar-refractivity contribution in [2.75, 3.05) is 18.0 Å². The van der Waals surface area contributed by atoms with E-state index in [1.54, 1.807) is 0 Å². The smallest absolute Gasteiger partial charge is 0.226 e. The topological polar surface area (TPSA) is 58.1 Å². The van der Waals surface area contributed by atoms with E-state index in [0.29, 0.717) is 0 Å². The summed E-state index contributed by atoms with van der Waals surface area (Å²) < 4.78 is 0. The maximum Gasteiger partial charge on any atom is 0.226 e. The summed E-state index contributed by atoms with van der Waals surface area (Å²) in [7, 11) is 0. The molecular weight excluding hydrogens is 360 g/mol. The third-order valence-electron chi connectivity index (χ3n) is 5.84. The molecule has 1 saturated heterocycles. The Morgan fingerprint density at radius 2 is 1.79 bits per heavy atom. The van der Waals surface area contributed by atoms with Crippen LogP contribution in [0.25, 0.3) is 10.9 Å². The van der Waals surface area contributed by atoms with Crippen LogP contribution in [0.1, 0.15) is 42.6 Å². The Morgan fingerprint density at radius 3 is 2.52 bits per heavy atom. The molecule has 0 spiro atoms. The van der Waals surface area contributed by atoms with E-state index in [1.807, 2.05) is 32.0 Å². The van der Waals surface area contributed by atoms with E-state index >= 15 is 0 Å². The minimum Gasteiger partial charge on any atom is -0.349 e. The SMILES string of the molecule is Cc1ccc2c(C)nc(N3CCC(C(=O)N[C@@H](C)c4ccccc4)CC3)nc2c1. The van der Waals surface area contributed by atoms with E-state index < -0.39 is 0 Å². The molecule has 0 saturated carbocycles. The molecule has 0 bridgehead atoms. The third-order valence-corrected chi connectivity index (χ3v) is 5.84.